The summed E-state index contributed by atoms with van der Waals surface area (Å²) >= 11 is 8.77. The first kappa shape index (κ1) is 13.4. The molecule has 2 atom stereocenters. The predicted molar refractivity (Wildman–Crippen MR) is 86.1 cm³/mol. The fourth-order valence-electron chi connectivity index (χ4n) is 2.90. The Morgan fingerprint density at radius 3 is 3.05 bits per heavy atom. The van der Waals surface area contributed by atoms with Gasteiger partial charge in [-0.25, -0.2) is 0 Å². The Labute approximate surface area is 125 Å². The van der Waals surface area contributed by atoms with Crippen molar-refractivity contribution in [3.8, 4) is 0 Å². The summed E-state index contributed by atoms with van der Waals surface area (Å²) in [6.45, 7) is 0. The van der Waals surface area contributed by atoms with Crippen molar-refractivity contribution in [3.05, 3.63) is 26.6 Å². The van der Waals surface area contributed by atoms with Crippen LogP contribution in [-0.4, -0.2) is 21.1 Å². The maximum absolute atomic E-state index is 12.6. The Balaban J connectivity index is 2.18. The summed E-state index contributed by atoms with van der Waals surface area (Å²) in [5, 5.41) is 2.44. The zero-order valence-corrected chi connectivity index (χ0v) is 13.2. The van der Waals surface area contributed by atoms with Crippen LogP contribution in [0.4, 0.5) is 0 Å². The van der Waals surface area contributed by atoms with Gasteiger partial charge in [0.1, 0.15) is 4.70 Å². The summed E-state index contributed by atoms with van der Waals surface area (Å²) in [5.74, 6) is 0. The van der Waals surface area contributed by atoms with Gasteiger partial charge in [0.15, 0.2) is 4.77 Å². The van der Waals surface area contributed by atoms with Crippen molar-refractivity contribution in [3.63, 3.8) is 0 Å². The van der Waals surface area contributed by atoms with Crippen molar-refractivity contribution in [1.29, 1.82) is 0 Å². The lowest BCUT2D eigenvalue weighted by molar-refractivity contribution is 0.353. The highest BCUT2D eigenvalue weighted by atomic mass is 32.2. The lowest BCUT2D eigenvalue weighted by Crippen LogP contribution is -2.34. The molecule has 1 fully saturated rings. The fraction of sp³-hybridized carbons (Fsp3) is 0.538. The first-order chi connectivity index (χ1) is 9.22. The van der Waals surface area contributed by atoms with Crippen LogP contribution in [0.1, 0.15) is 31.7 Å². The first-order valence-corrected chi connectivity index (χ1v) is 9.05. The number of aromatic nitrogens is 2. The second-order valence-corrected chi connectivity index (χ2v) is 7.27. The number of thiophene rings is 1. The van der Waals surface area contributed by atoms with E-state index in [9.17, 15) is 4.79 Å². The maximum atomic E-state index is 12.6. The smallest absolute Gasteiger partial charge is 0.272 e. The van der Waals surface area contributed by atoms with E-state index < -0.39 is 0 Å². The van der Waals surface area contributed by atoms with Gasteiger partial charge in [-0.05, 0) is 42.8 Å². The Morgan fingerprint density at radius 2 is 2.26 bits per heavy atom. The van der Waals surface area contributed by atoms with Gasteiger partial charge >= 0.3 is 0 Å². The van der Waals surface area contributed by atoms with Gasteiger partial charge in [-0.1, -0.05) is 12.8 Å². The topological polar surface area (TPSA) is 37.8 Å². The third-order valence-corrected chi connectivity index (χ3v) is 6.20. The number of hydrogen-bond donors (Lipinski definition) is 1. The third-order valence-electron chi connectivity index (χ3n) is 3.84. The molecule has 0 amide bonds. The minimum Gasteiger partial charge on any atom is -0.331 e. The summed E-state index contributed by atoms with van der Waals surface area (Å²) in [4.78, 5) is 15.8. The first-order valence-electron chi connectivity index (χ1n) is 6.47. The standard InChI is InChI=1S/C13H16N2OS3/c1-18-10-5-3-2-4-9(10)15-12(16)11-8(6-7-19-11)14-13(15)17/h6-7,9-10H,2-5H2,1H3,(H,14,17). The van der Waals surface area contributed by atoms with Gasteiger partial charge in [0, 0.05) is 5.25 Å². The zero-order valence-electron chi connectivity index (χ0n) is 10.7. The molecule has 0 aromatic carbocycles. The van der Waals surface area contributed by atoms with Crippen LogP contribution < -0.4 is 5.56 Å². The predicted octanol–water partition coefficient (Wildman–Crippen LogP) is 3.97. The Morgan fingerprint density at radius 1 is 1.47 bits per heavy atom. The number of thioether (sulfide) groups is 1. The number of nitrogens with zero attached hydrogens (tertiary/aromatic N) is 1. The monoisotopic (exact) mass is 312 g/mol. The molecule has 1 N–H and O–H groups in total. The molecule has 2 aromatic rings. The Kier molecular flexibility index (Phi) is 3.82. The van der Waals surface area contributed by atoms with Crippen molar-refractivity contribution in [2.75, 3.05) is 6.26 Å². The van der Waals surface area contributed by atoms with Gasteiger partial charge in [-0.2, -0.15) is 11.8 Å². The third kappa shape index (κ3) is 2.30. The van der Waals surface area contributed by atoms with Crippen LogP contribution in [0.15, 0.2) is 16.2 Å². The van der Waals surface area contributed by atoms with Gasteiger partial charge in [-0.3, -0.25) is 9.36 Å². The van der Waals surface area contributed by atoms with E-state index >= 15 is 0 Å². The van der Waals surface area contributed by atoms with E-state index in [0.717, 1.165) is 16.6 Å². The molecule has 6 heteroatoms. The van der Waals surface area contributed by atoms with Crippen molar-refractivity contribution in [1.82, 2.24) is 9.55 Å². The number of fused-ring (bicyclic) bond motifs is 1. The van der Waals surface area contributed by atoms with Crippen LogP contribution in [0.2, 0.25) is 0 Å². The van der Waals surface area contributed by atoms with E-state index in [-0.39, 0.29) is 11.6 Å². The highest BCUT2D eigenvalue weighted by molar-refractivity contribution is 7.99. The van der Waals surface area contributed by atoms with Crippen molar-refractivity contribution >= 4 is 45.5 Å². The van der Waals surface area contributed by atoms with Crippen molar-refractivity contribution < 1.29 is 0 Å². The minimum absolute atomic E-state index is 0.0831. The quantitative estimate of drug-likeness (QED) is 0.853. The van der Waals surface area contributed by atoms with Crippen LogP contribution in [0.3, 0.4) is 0 Å². The largest absolute Gasteiger partial charge is 0.331 e. The van der Waals surface area contributed by atoms with Crippen LogP contribution in [0.5, 0.6) is 0 Å². The fourth-order valence-corrected chi connectivity index (χ4v) is 4.99. The molecular weight excluding hydrogens is 296 g/mol. The minimum atomic E-state index is 0.0831. The van der Waals surface area contributed by atoms with E-state index in [1.165, 1.54) is 30.6 Å². The SMILES string of the molecule is CSC1CCCCC1n1c(=S)[nH]c2ccsc2c1=O. The summed E-state index contributed by atoms with van der Waals surface area (Å²) in [6.07, 6.45) is 6.81. The van der Waals surface area contributed by atoms with E-state index in [0.29, 0.717) is 10.0 Å². The van der Waals surface area contributed by atoms with E-state index in [4.69, 9.17) is 12.2 Å². The average Bonchev–Trinajstić information content (AvgIpc) is 2.87. The molecule has 0 spiro atoms. The maximum Gasteiger partial charge on any atom is 0.272 e. The highest BCUT2D eigenvalue weighted by Gasteiger charge is 2.27. The summed E-state index contributed by atoms with van der Waals surface area (Å²) < 4.78 is 3.19. The molecule has 1 aliphatic carbocycles. The molecule has 2 heterocycles. The summed E-state index contributed by atoms with van der Waals surface area (Å²) in [6, 6.07) is 2.17. The second-order valence-electron chi connectivity index (χ2n) is 4.89. The average molecular weight is 312 g/mol. The molecule has 0 saturated heterocycles. The normalized spacial score (nSPS) is 23.8. The van der Waals surface area contributed by atoms with E-state index in [1.807, 2.05) is 27.8 Å². The molecule has 2 aromatic heterocycles. The number of aromatic amines is 1. The van der Waals surface area contributed by atoms with Gasteiger partial charge in [-0.15, -0.1) is 11.3 Å². The van der Waals surface area contributed by atoms with E-state index in [1.54, 1.807) is 0 Å². The molecule has 0 radical (unpaired) electrons. The number of hydrogen-bond acceptors (Lipinski definition) is 4. The zero-order chi connectivity index (χ0) is 13.4. The van der Waals surface area contributed by atoms with Gasteiger partial charge in [0.2, 0.25) is 0 Å². The number of H-pyrrole nitrogens is 1. The van der Waals surface area contributed by atoms with Crippen molar-refractivity contribution in [2.45, 2.75) is 37.0 Å². The summed E-state index contributed by atoms with van der Waals surface area (Å²) in [5.41, 5.74) is 0.951. The van der Waals surface area contributed by atoms with Gasteiger partial charge in [0.25, 0.3) is 5.56 Å². The summed E-state index contributed by atoms with van der Waals surface area (Å²) in [7, 11) is 0. The molecule has 19 heavy (non-hydrogen) atoms. The van der Waals surface area contributed by atoms with Crippen LogP contribution >= 0.6 is 35.3 Å². The van der Waals surface area contributed by atoms with Crippen molar-refractivity contribution in [2.24, 2.45) is 0 Å². The van der Waals surface area contributed by atoms with Crippen LogP contribution in [0, 0.1) is 4.77 Å². The van der Waals surface area contributed by atoms with E-state index in [2.05, 4.69) is 11.2 Å². The molecule has 0 bridgehead atoms. The van der Waals surface area contributed by atoms with Crippen LogP contribution in [-0.2, 0) is 0 Å². The highest BCUT2D eigenvalue weighted by Crippen LogP contribution is 2.35. The van der Waals surface area contributed by atoms with Gasteiger partial charge < -0.3 is 4.98 Å². The Bertz CT molecular complexity index is 700. The molecule has 102 valence electrons. The lowest BCUT2D eigenvalue weighted by atomic mass is 9.94. The number of rotatable bonds is 2. The second kappa shape index (κ2) is 5.42. The lowest BCUT2D eigenvalue weighted by Gasteiger charge is -2.31. The molecule has 2 unspecified atom stereocenters. The molecule has 3 rings (SSSR count). The number of nitrogens with one attached hydrogen (secondary N) is 1. The molecule has 1 aliphatic rings. The molecule has 1 saturated carbocycles. The molecular formula is C13H16N2OS3. The van der Waals surface area contributed by atoms with Crippen LogP contribution in [0.25, 0.3) is 10.2 Å². The Hall–Kier alpha value is -0.590. The van der Waals surface area contributed by atoms with Gasteiger partial charge in [0.05, 0.1) is 11.6 Å². The molecule has 3 nitrogen and oxygen atoms in total. The molecule has 0 aliphatic heterocycles.